The van der Waals surface area contributed by atoms with Crippen molar-refractivity contribution in [3.8, 4) is 0 Å². The molecule has 0 amide bonds. The van der Waals surface area contributed by atoms with E-state index in [0.717, 1.165) is 0 Å². The standard InChI is InChI=1S/C14H28NSSi.HI/c1-5-17(6-2,7-3)11-9-8-10-15-13-16-12-14(15)4;/h12-13H,5-11H2,1-4H3;1H/q+1;/p-1. The van der Waals surface area contributed by atoms with Crippen LogP contribution in [0.4, 0.5) is 0 Å². The Morgan fingerprint density at radius 2 is 1.72 bits per heavy atom. The molecule has 0 atom stereocenters. The third-order valence-electron chi connectivity index (χ3n) is 4.49. The van der Waals surface area contributed by atoms with Crippen LogP contribution in [0.3, 0.4) is 0 Å². The maximum absolute atomic E-state index is 2.41. The summed E-state index contributed by atoms with van der Waals surface area (Å²) in [5, 5.41) is 2.24. The van der Waals surface area contributed by atoms with Gasteiger partial charge in [0.25, 0.3) is 0 Å². The Hall–Kier alpha value is 0.577. The first-order valence-corrected chi connectivity index (χ1v) is 10.9. The van der Waals surface area contributed by atoms with E-state index >= 15 is 0 Å². The zero-order chi connectivity index (χ0) is 12.7. The number of aromatic nitrogens is 1. The molecular weight excluding hydrogens is 369 g/mol. The van der Waals surface area contributed by atoms with Crippen molar-refractivity contribution in [1.82, 2.24) is 0 Å². The SMILES string of the molecule is CC[Si](CC)(CC)CCCC[n+]1cscc1C.[I-]. The molecule has 0 N–H and O–H groups in total. The Morgan fingerprint density at radius 1 is 1.11 bits per heavy atom. The van der Waals surface area contributed by atoms with Gasteiger partial charge in [-0.3, -0.25) is 0 Å². The van der Waals surface area contributed by atoms with Crippen LogP contribution in [-0.4, -0.2) is 8.07 Å². The highest BCUT2D eigenvalue weighted by Crippen LogP contribution is 2.27. The van der Waals surface area contributed by atoms with Crippen molar-refractivity contribution in [3.63, 3.8) is 0 Å². The summed E-state index contributed by atoms with van der Waals surface area (Å²) in [4.78, 5) is 0. The zero-order valence-corrected chi connectivity index (χ0v) is 16.3. The number of rotatable bonds is 8. The van der Waals surface area contributed by atoms with Gasteiger partial charge >= 0.3 is 0 Å². The predicted octanol–water partition coefficient (Wildman–Crippen LogP) is 1.64. The molecule has 0 aliphatic carbocycles. The molecule has 1 nitrogen and oxygen atoms in total. The fourth-order valence-electron chi connectivity index (χ4n) is 2.64. The minimum absolute atomic E-state index is 0. The molecule has 0 aliphatic rings. The van der Waals surface area contributed by atoms with Crippen molar-refractivity contribution in [2.24, 2.45) is 0 Å². The zero-order valence-electron chi connectivity index (χ0n) is 12.3. The molecule has 106 valence electrons. The maximum atomic E-state index is 2.41. The second kappa shape index (κ2) is 9.48. The summed E-state index contributed by atoms with van der Waals surface area (Å²) in [7, 11) is -0.860. The highest BCUT2D eigenvalue weighted by Gasteiger charge is 2.25. The summed E-state index contributed by atoms with van der Waals surface area (Å²) < 4.78 is 2.40. The van der Waals surface area contributed by atoms with Crippen LogP contribution in [0.5, 0.6) is 0 Å². The van der Waals surface area contributed by atoms with Crippen LogP contribution in [0.15, 0.2) is 10.9 Å². The van der Waals surface area contributed by atoms with Crippen LogP contribution in [0, 0.1) is 6.92 Å². The van der Waals surface area contributed by atoms with E-state index in [9.17, 15) is 0 Å². The number of halogens is 1. The molecule has 1 aromatic rings. The highest BCUT2D eigenvalue weighted by molar-refractivity contribution is 7.07. The molecule has 1 rings (SSSR count). The van der Waals surface area contributed by atoms with Crippen molar-refractivity contribution in [1.29, 1.82) is 0 Å². The molecule has 0 radical (unpaired) electrons. The molecule has 0 aromatic carbocycles. The lowest BCUT2D eigenvalue weighted by Crippen LogP contribution is -3.00. The van der Waals surface area contributed by atoms with Crippen molar-refractivity contribution in [3.05, 3.63) is 16.6 Å². The van der Waals surface area contributed by atoms with E-state index in [1.54, 1.807) is 6.04 Å². The number of nitrogens with zero attached hydrogens (tertiary/aromatic N) is 1. The summed E-state index contributed by atoms with van der Waals surface area (Å²) in [6, 6.07) is 5.97. The number of thiazole rings is 1. The first kappa shape index (κ1) is 18.6. The highest BCUT2D eigenvalue weighted by atomic mass is 127. The first-order chi connectivity index (χ1) is 8.17. The second-order valence-electron chi connectivity index (χ2n) is 5.21. The minimum Gasteiger partial charge on any atom is -1.00 e. The van der Waals surface area contributed by atoms with E-state index < -0.39 is 8.07 Å². The van der Waals surface area contributed by atoms with Gasteiger partial charge in [-0.2, -0.15) is 4.57 Å². The summed E-state index contributed by atoms with van der Waals surface area (Å²) >= 11 is 1.81. The average Bonchev–Trinajstić information content (AvgIpc) is 2.76. The monoisotopic (exact) mass is 397 g/mol. The summed E-state index contributed by atoms with van der Waals surface area (Å²) in [5.74, 6) is 0. The maximum Gasteiger partial charge on any atom is 0.224 e. The van der Waals surface area contributed by atoms with Gasteiger partial charge in [0.2, 0.25) is 5.51 Å². The van der Waals surface area contributed by atoms with Crippen LogP contribution >= 0.6 is 11.3 Å². The lowest BCUT2D eigenvalue weighted by molar-refractivity contribution is -0.698. The number of aryl methyl sites for hydroxylation is 2. The van der Waals surface area contributed by atoms with E-state index in [-0.39, 0.29) is 24.0 Å². The largest absolute Gasteiger partial charge is 1.00 e. The fraction of sp³-hybridized carbons (Fsp3) is 0.786. The summed E-state index contributed by atoms with van der Waals surface area (Å²) in [6.07, 6.45) is 2.79. The Kier molecular flexibility index (Phi) is 9.78. The van der Waals surface area contributed by atoms with Crippen LogP contribution in [0.1, 0.15) is 39.3 Å². The molecule has 0 saturated heterocycles. The Labute approximate surface area is 135 Å². The van der Waals surface area contributed by atoms with E-state index in [4.69, 9.17) is 0 Å². The molecular formula is C14H28INSSi. The predicted molar refractivity (Wildman–Crippen MR) is 80.5 cm³/mol. The van der Waals surface area contributed by atoms with Crippen LogP contribution < -0.4 is 28.5 Å². The minimum atomic E-state index is -0.860. The second-order valence-corrected chi connectivity index (χ2v) is 11.6. The number of unbranched alkanes of at least 4 members (excludes halogenated alkanes) is 1. The van der Waals surface area contributed by atoms with Gasteiger partial charge in [0.15, 0.2) is 5.69 Å². The number of hydrogen-bond acceptors (Lipinski definition) is 1. The van der Waals surface area contributed by atoms with Gasteiger partial charge in [0.05, 0.1) is 13.5 Å². The van der Waals surface area contributed by atoms with Gasteiger partial charge in [0.1, 0.15) is 6.54 Å². The van der Waals surface area contributed by atoms with Crippen molar-refractivity contribution in [2.75, 3.05) is 0 Å². The summed E-state index contributed by atoms with van der Waals surface area (Å²) in [6.45, 7) is 10.7. The van der Waals surface area contributed by atoms with Crippen LogP contribution in [0.25, 0.3) is 0 Å². The molecule has 0 unspecified atom stereocenters. The first-order valence-electron chi connectivity index (χ1n) is 7.09. The normalized spacial score (nSPS) is 11.3. The Bertz CT molecular complexity index is 315. The third kappa shape index (κ3) is 5.29. The molecule has 0 spiro atoms. The van der Waals surface area contributed by atoms with Gasteiger partial charge in [-0.15, -0.1) is 0 Å². The topological polar surface area (TPSA) is 3.88 Å². The third-order valence-corrected chi connectivity index (χ3v) is 11.3. The van der Waals surface area contributed by atoms with Crippen LogP contribution in [-0.2, 0) is 6.54 Å². The van der Waals surface area contributed by atoms with Crippen LogP contribution in [0.2, 0.25) is 24.2 Å². The van der Waals surface area contributed by atoms with E-state index in [1.165, 1.54) is 43.2 Å². The lowest BCUT2D eigenvalue weighted by atomic mass is 10.3. The smallest absolute Gasteiger partial charge is 0.224 e. The molecule has 0 saturated carbocycles. The average molecular weight is 397 g/mol. The van der Waals surface area contributed by atoms with Crippen molar-refractivity contribution < 1.29 is 28.5 Å². The van der Waals surface area contributed by atoms with Crippen molar-refractivity contribution in [2.45, 2.75) is 71.3 Å². The molecule has 1 aromatic heterocycles. The Morgan fingerprint density at radius 3 is 2.17 bits per heavy atom. The quantitative estimate of drug-likeness (QED) is 0.272. The molecule has 0 bridgehead atoms. The molecule has 4 heteroatoms. The van der Waals surface area contributed by atoms with E-state index in [0.29, 0.717) is 0 Å². The van der Waals surface area contributed by atoms with Gasteiger partial charge in [-0.05, 0) is 6.42 Å². The van der Waals surface area contributed by atoms with Gasteiger partial charge in [0, 0.05) is 13.3 Å². The van der Waals surface area contributed by atoms with Gasteiger partial charge in [-0.25, -0.2) is 0 Å². The molecule has 0 aliphatic heterocycles. The summed E-state index contributed by atoms with van der Waals surface area (Å²) in [5.41, 5.74) is 3.67. The fourth-order valence-corrected chi connectivity index (χ4v) is 7.02. The van der Waals surface area contributed by atoms with E-state index in [2.05, 4.69) is 43.2 Å². The van der Waals surface area contributed by atoms with E-state index in [1.807, 2.05) is 11.3 Å². The molecule has 0 fully saturated rings. The lowest BCUT2D eigenvalue weighted by Gasteiger charge is -2.27. The number of hydrogen-bond donors (Lipinski definition) is 0. The molecule has 1 heterocycles. The Balaban J connectivity index is 0.00000289. The molecule has 18 heavy (non-hydrogen) atoms. The van der Waals surface area contributed by atoms with Gasteiger partial charge < -0.3 is 24.0 Å². The van der Waals surface area contributed by atoms with Crippen molar-refractivity contribution >= 4 is 19.4 Å². The van der Waals surface area contributed by atoms with Gasteiger partial charge in [-0.1, -0.05) is 56.3 Å².